The fourth-order valence-electron chi connectivity index (χ4n) is 3.79. The van der Waals surface area contributed by atoms with Gasteiger partial charge in [0.2, 0.25) is 5.91 Å². The molecule has 0 spiro atoms. The molecule has 2 fully saturated rings. The van der Waals surface area contributed by atoms with E-state index < -0.39 is 11.7 Å². The fraction of sp³-hybridized carbons (Fsp3) is 0.591. The Morgan fingerprint density at radius 2 is 1.79 bits per heavy atom. The summed E-state index contributed by atoms with van der Waals surface area (Å²) in [5, 5.41) is 0. The van der Waals surface area contributed by atoms with E-state index in [2.05, 4.69) is 0 Å². The quantitative estimate of drug-likeness (QED) is 0.769. The van der Waals surface area contributed by atoms with Crippen LogP contribution in [0.2, 0.25) is 0 Å². The molecule has 1 aromatic rings. The summed E-state index contributed by atoms with van der Waals surface area (Å²) >= 11 is 0. The summed E-state index contributed by atoms with van der Waals surface area (Å²) in [7, 11) is 0. The van der Waals surface area contributed by atoms with E-state index in [9.17, 15) is 14.4 Å². The molecule has 29 heavy (non-hydrogen) atoms. The van der Waals surface area contributed by atoms with Crippen molar-refractivity contribution in [1.29, 1.82) is 0 Å². The van der Waals surface area contributed by atoms with Crippen LogP contribution in [0.25, 0.3) is 0 Å². The Kier molecular flexibility index (Phi) is 6.45. The summed E-state index contributed by atoms with van der Waals surface area (Å²) < 4.78 is 10.6. The zero-order valence-corrected chi connectivity index (χ0v) is 17.4. The molecule has 2 saturated heterocycles. The second-order valence-corrected chi connectivity index (χ2v) is 8.80. The van der Waals surface area contributed by atoms with Gasteiger partial charge in [-0.15, -0.1) is 0 Å². The smallest absolute Gasteiger partial charge is 0.416 e. The molecule has 7 heteroatoms. The van der Waals surface area contributed by atoms with Gasteiger partial charge in [0.25, 0.3) is 0 Å². The molecule has 0 unspecified atom stereocenters. The highest BCUT2D eigenvalue weighted by atomic mass is 16.6. The van der Waals surface area contributed by atoms with E-state index >= 15 is 0 Å². The van der Waals surface area contributed by atoms with Gasteiger partial charge in [-0.1, -0.05) is 30.3 Å². The molecular formula is C22H30N2O5. The third kappa shape index (κ3) is 5.71. The zero-order valence-electron chi connectivity index (χ0n) is 17.4. The molecule has 2 aliphatic heterocycles. The molecule has 1 atom stereocenters. The lowest BCUT2D eigenvalue weighted by atomic mass is 9.93. The minimum absolute atomic E-state index is 0.145. The van der Waals surface area contributed by atoms with Crippen LogP contribution in [0.15, 0.2) is 30.3 Å². The monoisotopic (exact) mass is 402 g/mol. The summed E-state index contributed by atoms with van der Waals surface area (Å²) in [6.45, 7) is 6.89. The fourth-order valence-corrected chi connectivity index (χ4v) is 3.79. The third-order valence-corrected chi connectivity index (χ3v) is 5.27. The first kappa shape index (κ1) is 21.1. The average molecular weight is 402 g/mol. The molecule has 1 aromatic carbocycles. The van der Waals surface area contributed by atoms with Crippen molar-refractivity contribution in [3.8, 4) is 0 Å². The van der Waals surface area contributed by atoms with Gasteiger partial charge in [-0.3, -0.25) is 4.79 Å². The van der Waals surface area contributed by atoms with Crippen LogP contribution in [0.5, 0.6) is 0 Å². The standard InChI is InChI=1S/C22H30N2O5/c1-22(2,3)29-20(26)23-11-9-17(10-12-23)14-19(25)24-18(15-28-21(24)27)13-16-7-5-4-6-8-16/h4-8,17-18H,9-15H2,1-3H3/t18-/m1/s1. The molecule has 2 heterocycles. The number of ether oxygens (including phenoxy) is 2. The number of hydrogen-bond acceptors (Lipinski definition) is 5. The van der Waals surface area contributed by atoms with Crippen LogP contribution in [0, 0.1) is 5.92 Å². The summed E-state index contributed by atoms with van der Waals surface area (Å²) in [6.07, 6.45) is 1.46. The van der Waals surface area contributed by atoms with E-state index in [4.69, 9.17) is 9.47 Å². The number of cyclic esters (lactones) is 1. The van der Waals surface area contributed by atoms with Crippen molar-refractivity contribution >= 4 is 18.1 Å². The van der Waals surface area contributed by atoms with Gasteiger partial charge in [0, 0.05) is 19.5 Å². The minimum atomic E-state index is -0.554. The van der Waals surface area contributed by atoms with Gasteiger partial charge in [0.05, 0.1) is 6.04 Å². The predicted octanol–water partition coefficient (Wildman–Crippen LogP) is 3.61. The first-order valence-electron chi connectivity index (χ1n) is 10.2. The molecule has 3 rings (SSSR count). The van der Waals surface area contributed by atoms with Crippen LogP contribution in [0.1, 0.15) is 45.6 Å². The van der Waals surface area contributed by atoms with Crippen LogP contribution in [0.4, 0.5) is 9.59 Å². The maximum atomic E-state index is 12.8. The van der Waals surface area contributed by atoms with Gasteiger partial charge in [0.15, 0.2) is 0 Å². The number of benzene rings is 1. The number of nitrogens with zero attached hydrogens (tertiary/aromatic N) is 2. The molecule has 7 nitrogen and oxygen atoms in total. The number of piperidine rings is 1. The molecule has 0 bridgehead atoms. The molecule has 0 aromatic heterocycles. The second-order valence-electron chi connectivity index (χ2n) is 8.80. The number of hydrogen-bond donors (Lipinski definition) is 0. The van der Waals surface area contributed by atoms with E-state index in [0.717, 1.165) is 18.4 Å². The van der Waals surface area contributed by atoms with Crippen molar-refractivity contribution in [2.24, 2.45) is 5.92 Å². The Morgan fingerprint density at radius 1 is 1.14 bits per heavy atom. The lowest BCUT2D eigenvalue weighted by Crippen LogP contribution is -2.44. The second kappa shape index (κ2) is 8.84. The van der Waals surface area contributed by atoms with Gasteiger partial charge in [-0.2, -0.15) is 0 Å². The van der Waals surface area contributed by atoms with Crippen molar-refractivity contribution < 1.29 is 23.9 Å². The maximum Gasteiger partial charge on any atom is 0.416 e. The number of amides is 3. The Morgan fingerprint density at radius 3 is 2.41 bits per heavy atom. The third-order valence-electron chi connectivity index (χ3n) is 5.27. The van der Waals surface area contributed by atoms with Crippen LogP contribution >= 0.6 is 0 Å². The van der Waals surface area contributed by atoms with Crippen LogP contribution in [-0.2, 0) is 20.7 Å². The molecular weight excluding hydrogens is 372 g/mol. The molecule has 158 valence electrons. The normalized spacial score (nSPS) is 20.5. The predicted molar refractivity (Wildman–Crippen MR) is 107 cm³/mol. The van der Waals surface area contributed by atoms with Crippen molar-refractivity contribution in [1.82, 2.24) is 9.80 Å². The van der Waals surface area contributed by atoms with Gasteiger partial charge in [-0.25, -0.2) is 14.5 Å². The first-order chi connectivity index (χ1) is 13.7. The molecule has 3 amide bonds. The average Bonchev–Trinajstić information content (AvgIpc) is 3.02. The summed E-state index contributed by atoms with van der Waals surface area (Å²) in [5.74, 6) is -0.0453. The maximum absolute atomic E-state index is 12.8. The highest BCUT2D eigenvalue weighted by Crippen LogP contribution is 2.25. The Hall–Kier alpha value is -2.57. The number of carbonyl (C=O) groups is 3. The topological polar surface area (TPSA) is 76.2 Å². The van der Waals surface area contributed by atoms with Gasteiger partial charge in [0.1, 0.15) is 12.2 Å². The minimum Gasteiger partial charge on any atom is -0.447 e. The van der Waals surface area contributed by atoms with Crippen molar-refractivity contribution in [2.45, 2.75) is 58.1 Å². The van der Waals surface area contributed by atoms with E-state index in [0.29, 0.717) is 25.9 Å². The first-order valence-corrected chi connectivity index (χ1v) is 10.2. The summed E-state index contributed by atoms with van der Waals surface area (Å²) in [6, 6.07) is 9.52. The number of imide groups is 1. The van der Waals surface area contributed by atoms with E-state index in [1.165, 1.54) is 4.90 Å². The lowest BCUT2D eigenvalue weighted by molar-refractivity contribution is -0.130. The van der Waals surface area contributed by atoms with Crippen molar-refractivity contribution in [3.05, 3.63) is 35.9 Å². The van der Waals surface area contributed by atoms with Crippen LogP contribution in [-0.4, -0.2) is 59.2 Å². The Bertz CT molecular complexity index is 735. The van der Waals surface area contributed by atoms with Gasteiger partial charge >= 0.3 is 12.2 Å². The highest BCUT2D eigenvalue weighted by molar-refractivity contribution is 5.93. The largest absolute Gasteiger partial charge is 0.447 e. The van der Waals surface area contributed by atoms with E-state index in [-0.39, 0.29) is 30.6 Å². The Balaban J connectivity index is 1.52. The Labute approximate surface area is 171 Å². The summed E-state index contributed by atoms with van der Waals surface area (Å²) in [5.41, 5.74) is 0.549. The molecule has 0 N–H and O–H groups in total. The number of rotatable bonds is 4. The van der Waals surface area contributed by atoms with E-state index in [1.807, 2.05) is 51.1 Å². The number of carbonyl (C=O) groups excluding carboxylic acids is 3. The van der Waals surface area contributed by atoms with Gasteiger partial charge in [-0.05, 0) is 51.5 Å². The number of likely N-dealkylation sites (tertiary alicyclic amines) is 1. The van der Waals surface area contributed by atoms with Crippen molar-refractivity contribution in [3.63, 3.8) is 0 Å². The molecule has 2 aliphatic rings. The zero-order chi connectivity index (χ0) is 21.0. The van der Waals surface area contributed by atoms with Crippen LogP contribution in [0.3, 0.4) is 0 Å². The lowest BCUT2D eigenvalue weighted by Gasteiger charge is -2.33. The highest BCUT2D eigenvalue weighted by Gasteiger charge is 2.39. The molecule has 0 saturated carbocycles. The van der Waals surface area contributed by atoms with Crippen molar-refractivity contribution in [2.75, 3.05) is 19.7 Å². The molecule has 0 radical (unpaired) electrons. The van der Waals surface area contributed by atoms with E-state index in [1.54, 1.807) is 4.90 Å². The van der Waals surface area contributed by atoms with Gasteiger partial charge < -0.3 is 14.4 Å². The SMILES string of the molecule is CC(C)(C)OC(=O)N1CCC(CC(=O)N2C(=O)OC[C@H]2Cc2ccccc2)CC1. The summed E-state index contributed by atoms with van der Waals surface area (Å²) in [4.78, 5) is 40.1. The molecule has 0 aliphatic carbocycles. The van der Waals surface area contributed by atoms with Crippen LogP contribution < -0.4 is 0 Å².